The fraction of sp³-hybridized carbons (Fsp3) is 0.375. The molecule has 0 aromatic heterocycles. The van der Waals surface area contributed by atoms with Gasteiger partial charge in [0.2, 0.25) is 5.91 Å². The number of hydrogen-bond donors (Lipinski definition) is 3. The molecule has 31 heavy (non-hydrogen) atoms. The zero-order valence-corrected chi connectivity index (χ0v) is 19.6. The molecule has 1 saturated heterocycles. The highest BCUT2D eigenvalue weighted by Crippen LogP contribution is 2.37. The maximum absolute atomic E-state index is 11.2. The van der Waals surface area contributed by atoms with E-state index in [9.17, 15) is 4.79 Å². The van der Waals surface area contributed by atoms with Gasteiger partial charge in [0.15, 0.2) is 0 Å². The van der Waals surface area contributed by atoms with Crippen molar-refractivity contribution >= 4 is 41.2 Å². The van der Waals surface area contributed by atoms with E-state index in [1.807, 2.05) is 84.0 Å². The Morgan fingerprint density at radius 2 is 1.52 bits per heavy atom. The lowest BCUT2D eigenvalue weighted by atomic mass is 9.78. The molecule has 1 aliphatic rings. The van der Waals surface area contributed by atoms with Gasteiger partial charge in [-0.1, -0.05) is 38.6 Å². The van der Waals surface area contributed by atoms with Crippen molar-refractivity contribution in [3.05, 3.63) is 54.6 Å². The van der Waals surface area contributed by atoms with Crippen molar-refractivity contribution in [1.82, 2.24) is 0 Å². The third kappa shape index (κ3) is 5.68. The van der Waals surface area contributed by atoms with Crippen LogP contribution in [0.2, 0.25) is 0 Å². The van der Waals surface area contributed by atoms with E-state index in [1.54, 1.807) is 0 Å². The first-order valence-electron chi connectivity index (χ1n) is 10.6. The molecule has 1 fully saturated rings. The summed E-state index contributed by atoms with van der Waals surface area (Å²) in [4.78, 5) is 11.2. The van der Waals surface area contributed by atoms with Gasteiger partial charge in [-0.2, -0.15) is 0 Å². The van der Waals surface area contributed by atoms with Crippen LogP contribution in [0.15, 0.2) is 49.0 Å². The highest BCUT2D eigenvalue weighted by Gasteiger charge is 2.51. The Morgan fingerprint density at radius 3 is 2.03 bits per heavy atom. The first-order chi connectivity index (χ1) is 14.5. The Kier molecular flexibility index (Phi) is 7.57. The van der Waals surface area contributed by atoms with E-state index in [0.717, 1.165) is 22.4 Å². The fourth-order valence-electron chi connectivity index (χ4n) is 3.00. The number of benzene rings is 2. The summed E-state index contributed by atoms with van der Waals surface area (Å²) in [5, 5.41) is 6.02. The molecular weight excluding hydrogens is 389 g/mol. The number of nitrogen functional groups attached to an aromatic ring is 1. The lowest BCUT2D eigenvalue weighted by Crippen LogP contribution is -2.41. The first kappa shape index (κ1) is 24.5. The quantitative estimate of drug-likeness (QED) is 0.482. The number of carbonyl (C=O) groups excluding carboxylic acids is 1. The number of rotatable bonds is 5. The summed E-state index contributed by atoms with van der Waals surface area (Å²) in [6, 6.07) is 13.1. The lowest BCUT2D eigenvalue weighted by Gasteiger charge is -2.32. The summed E-state index contributed by atoms with van der Waals surface area (Å²) in [6.07, 6.45) is 0. The minimum atomic E-state index is -0.466. The largest absolute Gasteiger partial charge is 0.494 e. The van der Waals surface area contributed by atoms with Gasteiger partial charge in [-0.05, 0) is 63.0 Å². The number of nitrogens with one attached hydrogen (secondary N) is 2. The summed E-state index contributed by atoms with van der Waals surface area (Å²) in [7, 11) is -0.466. The standard InChI is InChI=1S/C22H28BN3O3.C2H6/c1-14(16-7-10-18(11-8-16)26-15(2)27)25-20-13-17(9-12-19(20)24)23-28-21(3,4)22(5,6)29-23;1-2/h7-13,25H,1,24H2,2-6H3,(H,26,27);1-2H3. The van der Waals surface area contributed by atoms with Gasteiger partial charge in [-0.3, -0.25) is 4.79 Å². The van der Waals surface area contributed by atoms with Gasteiger partial charge in [-0.15, -0.1) is 0 Å². The molecule has 0 aliphatic carbocycles. The Hall–Kier alpha value is -2.77. The molecule has 6 nitrogen and oxygen atoms in total. The highest BCUT2D eigenvalue weighted by atomic mass is 16.7. The predicted molar refractivity (Wildman–Crippen MR) is 131 cm³/mol. The Bertz CT molecular complexity index is 924. The second kappa shape index (κ2) is 9.58. The van der Waals surface area contributed by atoms with Crippen molar-refractivity contribution < 1.29 is 14.1 Å². The van der Waals surface area contributed by atoms with Crippen LogP contribution in [0.1, 0.15) is 54.0 Å². The van der Waals surface area contributed by atoms with Gasteiger partial charge in [0.25, 0.3) is 0 Å². The summed E-state index contributed by atoms with van der Waals surface area (Å²) in [5.74, 6) is -0.109. The average Bonchev–Trinajstić information content (AvgIpc) is 2.92. The molecule has 3 rings (SSSR count). The topological polar surface area (TPSA) is 85.6 Å². The minimum Gasteiger partial charge on any atom is -0.399 e. The van der Waals surface area contributed by atoms with Crippen molar-refractivity contribution in [3.63, 3.8) is 0 Å². The zero-order chi connectivity index (χ0) is 23.4. The van der Waals surface area contributed by atoms with E-state index in [4.69, 9.17) is 15.0 Å². The van der Waals surface area contributed by atoms with E-state index >= 15 is 0 Å². The molecule has 2 aromatic rings. The number of anilines is 3. The van der Waals surface area contributed by atoms with Crippen LogP contribution in [0, 0.1) is 0 Å². The van der Waals surface area contributed by atoms with E-state index in [0.29, 0.717) is 11.4 Å². The zero-order valence-electron chi connectivity index (χ0n) is 19.6. The average molecular weight is 423 g/mol. The van der Waals surface area contributed by atoms with Gasteiger partial charge >= 0.3 is 7.12 Å². The van der Waals surface area contributed by atoms with Crippen LogP contribution in [0.5, 0.6) is 0 Å². The van der Waals surface area contributed by atoms with Gasteiger partial charge in [-0.25, -0.2) is 0 Å². The molecule has 0 saturated carbocycles. The van der Waals surface area contributed by atoms with Crippen LogP contribution in [0.3, 0.4) is 0 Å². The molecule has 1 amide bonds. The maximum Gasteiger partial charge on any atom is 0.494 e. The van der Waals surface area contributed by atoms with E-state index < -0.39 is 18.3 Å². The van der Waals surface area contributed by atoms with Crippen LogP contribution >= 0.6 is 0 Å². The molecule has 7 heteroatoms. The predicted octanol–water partition coefficient (Wildman–Crippen LogP) is 4.64. The SMILES string of the molecule is C=C(Nc1cc(B2OC(C)(C)C(C)(C)O2)ccc1N)c1ccc(NC(C)=O)cc1.CC. The molecule has 0 atom stereocenters. The highest BCUT2D eigenvalue weighted by molar-refractivity contribution is 6.62. The number of hydrogen-bond acceptors (Lipinski definition) is 5. The molecule has 4 N–H and O–H groups in total. The van der Waals surface area contributed by atoms with Crippen molar-refractivity contribution in [2.45, 2.75) is 59.7 Å². The molecule has 1 aliphatic heterocycles. The first-order valence-corrected chi connectivity index (χ1v) is 10.6. The molecule has 1 heterocycles. The molecule has 0 radical (unpaired) electrons. The number of carbonyl (C=O) groups is 1. The van der Waals surface area contributed by atoms with Gasteiger partial charge in [0.1, 0.15) is 0 Å². The third-order valence-electron chi connectivity index (χ3n) is 5.44. The summed E-state index contributed by atoms with van der Waals surface area (Å²) >= 11 is 0. The van der Waals surface area contributed by atoms with Crippen LogP contribution in [0.4, 0.5) is 17.1 Å². The lowest BCUT2D eigenvalue weighted by molar-refractivity contribution is -0.114. The third-order valence-corrected chi connectivity index (χ3v) is 5.44. The molecule has 0 unspecified atom stereocenters. The second-order valence-electron chi connectivity index (χ2n) is 8.30. The minimum absolute atomic E-state index is 0.109. The van der Waals surface area contributed by atoms with Crippen molar-refractivity contribution in [3.8, 4) is 0 Å². The molecule has 2 aromatic carbocycles. The second-order valence-corrected chi connectivity index (χ2v) is 8.30. The Morgan fingerprint density at radius 1 is 0.968 bits per heavy atom. The molecule has 0 spiro atoms. The summed E-state index contributed by atoms with van der Waals surface area (Å²) < 4.78 is 12.3. The van der Waals surface area contributed by atoms with Crippen molar-refractivity contribution in [1.29, 1.82) is 0 Å². The van der Waals surface area contributed by atoms with Crippen LogP contribution in [-0.2, 0) is 14.1 Å². The maximum atomic E-state index is 11.2. The Balaban J connectivity index is 0.00000166. The summed E-state index contributed by atoms with van der Waals surface area (Å²) in [6.45, 7) is 17.7. The van der Waals surface area contributed by atoms with Gasteiger partial charge < -0.3 is 25.7 Å². The van der Waals surface area contributed by atoms with Gasteiger partial charge in [0.05, 0.1) is 22.6 Å². The molecular formula is C24H34BN3O3. The van der Waals surface area contributed by atoms with E-state index in [-0.39, 0.29) is 5.91 Å². The molecule has 0 bridgehead atoms. The van der Waals surface area contributed by atoms with Crippen LogP contribution in [0.25, 0.3) is 5.70 Å². The Labute approximate surface area is 186 Å². The smallest absolute Gasteiger partial charge is 0.399 e. The van der Waals surface area contributed by atoms with Crippen molar-refractivity contribution in [2.24, 2.45) is 0 Å². The van der Waals surface area contributed by atoms with E-state index in [2.05, 4.69) is 17.2 Å². The van der Waals surface area contributed by atoms with Crippen molar-refractivity contribution in [2.75, 3.05) is 16.4 Å². The fourth-order valence-corrected chi connectivity index (χ4v) is 3.00. The normalized spacial score (nSPS) is 16.2. The summed E-state index contributed by atoms with van der Waals surface area (Å²) in [5.41, 5.74) is 9.87. The van der Waals surface area contributed by atoms with Crippen LogP contribution in [-0.4, -0.2) is 24.2 Å². The van der Waals surface area contributed by atoms with Gasteiger partial charge in [0, 0.05) is 18.3 Å². The number of nitrogens with two attached hydrogens (primary N) is 1. The molecule has 166 valence electrons. The monoisotopic (exact) mass is 423 g/mol. The van der Waals surface area contributed by atoms with Crippen LogP contribution < -0.4 is 21.8 Å². The number of amides is 1. The van der Waals surface area contributed by atoms with E-state index in [1.165, 1.54) is 6.92 Å².